The Hall–Kier alpha value is -2.60. The van der Waals surface area contributed by atoms with Gasteiger partial charge in [-0.2, -0.15) is 0 Å². The van der Waals surface area contributed by atoms with Crippen LogP contribution in [0.3, 0.4) is 0 Å². The Kier molecular flexibility index (Phi) is 4.43. The average Bonchev–Trinajstić information content (AvgIpc) is 2.61. The predicted octanol–water partition coefficient (Wildman–Crippen LogP) is 6.75. The van der Waals surface area contributed by atoms with Gasteiger partial charge in [0.1, 0.15) is 0 Å². The minimum absolute atomic E-state index is 1.27. The first-order chi connectivity index (χ1) is 11.2. The SMILES string of the molecule is CC=C(C)c1ccccc1-c1ccccc1-c1cccc(C)c1. The molecule has 0 aliphatic heterocycles. The fourth-order valence-electron chi connectivity index (χ4n) is 3.00. The lowest BCUT2D eigenvalue weighted by atomic mass is 9.89. The number of hydrogen-bond acceptors (Lipinski definition) is 0. The smallest absolute Gasteiger partial charge is 0.00993 e. The highest BCUT2D eigenvalue weighted by molar-refractivity contribution is 5.89. The summed E-state index contributed by atoms with van der Waals surface area (Å²) in [6.07, 6.45) is 2.17. The highest BCUT2D eigenvalue weighted by Gasteiger charge is 2.11. The van der Waals surface area contributed by atoms with Gasteiger partial charge in [-0.05, 0) is 54.2 Å². The molecular weight excluding hydrogens is 276 g/mol. The predicted molar refractivity (Wildman–Crippen MR) is 101 cm³/mol. The Morgan fingerprint density at radius 2 is 1.39 bits per heavy atom. The second-order valence-electron chi connectivity index (χ2n) is 5.93. The van der Waals surface area contributed by atoms with E-state index in [-0.39, 0.29) is 0 Å². The first kappa shape index (κ1) is 15.3. The normalized spacial score (nSPS) is 11.5. The molecule has 0 atom stereocenters. The number of rotatable bonds is 3. The molecule has 0 spiro atoms. The van der Waals surface area contributed by atoms with Gasteiger partial charge in [0.25, 0.3) is 0 Å². The van der Waals surface area contributed by atoms with Crippen LogP contribution in [0, 0.1) is 6.92 Å². The lowest BCUT2D eigenvalue weighted by Gasteiger charge is -2.15. The molecule has 0 heterocycles. The van der Waals surface area contributed by atoms with Crippen molar-refractivity contribution in [2.75, 3.05) is 0 Å². The monoisotopic (exact) mass is 298 g/mol. The van der Waals surface area contributed by atoms with Crippen molar-refractivity contribution in [1.29, 1.82) is 0 Å². The van der Waals surface area contributed by atoms with Gasteiger partial charge < -0.3 is 0 Å². The highest BCUT2D eigenvalue weighted by atomic mass is 14.1. The number of hydrogen-bond donors (Lipinski definition) is 0. The molecule has 0 nitrogen and oxygen atoms in total. The minimum Gasteiger partial charge on any atom is -0.0841 e. The second-order valence-corrected chi connectivity index (χ2v) is 5.93. The van der Waals surface area contributed by atoms with Crippen LogP contribution < -0.4 is 0 Å². The van der Waals surface area contributed by atoms with E-state index in [1.165, 1.54) is 39.0 Å². The summed E-state index contributed by atoms with van der Waals surface area (Å²) in [6.45, 7) is 6.41. The zero-order chi connectivity index (χ0) is 16.2. The molecule has 0 amide bonds. The van der Waals surface area contributed by atoms with Gasteiger partial charge in [0.05, 0.1) is 0 Å². The molecule has 3 aromatic carbocycles. The van der Waals surface area contributed by atoms with E-state index in [4.69, 9.17) is 0 Å². The van der Waals surface area contributed by atoms with E-state index < -0.39 is 0 Å². The maximum absolute atomic E-state index is 2.25. The van der Waals surface area contributed by atoms with Crippen LogP contribution in [-0.4, -0.2) is 0 Å². The fourth-order valence-corrected chi connectivity index (χ4v) is 3.00. The lowest BCUT2D eigenvalue weighted by molar-refractivity contribution is 1.46. The van der Waals surface area contributed by atoms with Gasteiger partial charge in [0.2, 0.25) is 0 Å². The Morgan fingerprint density at radius 3 is 2.09 bits per heavy atom. The van der Waals surface area contributed by atoms with E-state index in [1.807, 2.05) is 0 Å². The van der Waals surface area contributed by atoms with Crippen LogP contribution in [0.4, 0.5) is 0 Å². The quantitative estimate of drug-likeness (QED) is 0.501. The molecule has 0 fully saturated rings. The van der Waals surface area contributed by atoms with E-state index in [0.717, 1.165) is 0 Å². The van der Waals surface area contributed by atoms with Crippen molar-refractivity contribution in [3.05, 3.63) is 90.0 Å². The fraction of sp³-hybridized carbons (Fsp3) is 0.130. The third-order valence-corrected chi connectivity index (χ3v) is 4.33. The molecule has 0 aliphatic carbocycles. The van der Waals surface area contributed by atoms with Crippen molar-refractivity contribution in [2.45, 2.75) is 20.8 Å². The molecule has 0 aromatic heterocycles. The summed E-state index contributed by atoms with van der Waals surface area (Å²) in [5.74, 6) is 0. The maximum Gasteiger partial charge on any atom is -0.00993 e. The first-order valence-corrected chi connectivity index (χ1v) is 8.09. The summed E-state index contributed by atoms with van der Waals surface area (Å²) in [4.78, 5) is 0. The number of aryl methyl sites for hydroxylation is 1. The molecule has 0 aliphatic rings. The van der Waals surface area contributed by atoms with E-state index in [0.29, 0.717) is 0 Å². The van der Waals surface area contributed by atoms with Crippen LogP contribution in [0.15, 0.2) is 78.9 Å². The standard InChI is InChI=1S/C23H22/c1-4-18(3)20-12-5-7-14-22(20)23-15-8-6-13-21(23)19-11-9-10-17(2)16-19/h4-16H,1-3H3. The van der Waals surface area contributed by atoms with Crippen LogP contribution >= 0.6 is 0 Å². The molecule has 0 radical (unpaired) electrons. The van der Waals surface area contributed by atoms with Crippen molar-refractivity contribution in [2.24, 2.45) is 0 Å². The van der Waals surface area contributed by atoms with Crippen LogP contribution in [-0.2, 0) is 0 Å². The molecule has 114 valence electrons. The summed E-state index contributed by atoms with van der Waals surface area (Å²) in [5.41, 5.74) is 9.03. The second kappa shape index (κ2) is 6.66. The van der Waals surface area contributed by atoms with Crippen LogP contribution in [0.2, 0.25) is 0 Å². The molecule has 0 heteroatoms. The summed E-state index contributed by atoms with van der Waals surface area (Å²) >= 11 is 0. The van der Waals surface area contributed by atoms with Crippen molar-refractivity contribution in [3.8, 4) is 22.3 Å². The van der Waals surface area contributed by atoms with Gasteiger partial charge >= 0.3 is 0 Å². The van der Waals surface area contributed by atoms with E-state index >= 15 is 0 Å². The molecule has 0 saturated carbocycles. The van der Waals surface area contributed by atoms with Crippen molar-refractivity contribution in [1.82, 2.24) is 0 Å². The minimum atomic E-state index is 1.27. The van der Waals surface area contributed by atoms with Gasteiger partial charge in [0, 0.05) is 0 Å². The van der Waals surface area contributed by atoms with Crippen LogP contribution in [0.1, 0.15) is 25.0 Å². The van der Waals surface area contributed by atoms with Crippen LogP contribution in [0.5, 0.6) is 0 Å². The first-order valence-electron chi connectivity index (χ1n) is 8.09. The van der Waals surface area contributed by atoms with E-state index in [1.54, 1.807) is 0 Å². The van der Waals surface area contributed by atoms with Gasteiger partial charge in [0.15, 0.2) is 0 Å². The topological polar surface area (TPSA) is 0 Å². The van der Waals surface area contributed by atoms with Crippen molar-refractivity contribution < 1.29 is 0 Å². The lowest BCUT2D eigenvalue weighted by Crippen LogP contribution is -1.90. The highest BCUT2D eigenvalue weighted by Crippen LogP contribution is 2.36. The van der Waals surface area contributed by atoms with E-state index in [9.17, 15) is 0 Å². The number of allylic oxidation sites excluding steroid dienone is 2. The Bertz CT molecular complexity index is 853. The molecule has 23 heavy (non-hydrogen) atoms. The molecule has 3 rings (SSSR count). The van der Waals surface area contributed by atoms with Crippen molar-refractivity contribution >= 4 is 5.57 Å². The number of benzene rings is 3. The van der Waals surface area contributed by atoms with Crippen molar-refractivity contribution in [3.63, 3.8) is 0 Å². The molecule has 0 bridgehead atoms. The Morgan fingerprint density at radius 1 is 0.739 bits per heavy atom. The zero-order valence-electron chi connectivity index (χ0n) is 14.0. The molecular formula is C23H22. The largest absolute Gasteiger partial charge is 0.0841 e. The third kappa shape index (κ3) is 3.12. The van der Waals surface area contributed by atoms with Gasteiger partial charge in [-0.15, -0.1) is 0 Å². The summed E-state index contributed by atoms with van der Waals surface area (Å²) in [6, 6.07) is 26.0. The summed E-state index contributed by atoms with van der Waals surface area (Å²) < 4.78 is 0. The molecule has 0 unspecified atom stereocenters. The van der Waals surface area contributed by atoms with E-state index in [2.05, 4.69) is 99.6 Å². The Balaban J connectivity index is 2.24. The molecule has 0 N–H and O–H groups in total. The zero-order valence-corrected chi connectivity index (χ0v) is 14.0. The molecule has 3 aromatic rings. The maximum atomic E-state index is 2.25. The third-order valence-electron chi connectivity index (χ3n) is 4.33. The van der Waals surface area contributed by atoms with Gasteiger partial charge in [-0.3, -0.25) is 0 Å². The van der Waals surface area contributed by atoms with Gasteiger partial charge in [-0.25, -0.2) is 0 Å². The summed E-state index contributed by atoms with van der Waals surface area (Å²) in [7, 11) is 0. The molecule has 0 saturated heterocycles. The van der Waals surface area contributed by atoms with Gasteiger partial charge in [-0.1, -0.05) is 84.4 Å². The van der Waals surface area contributed by atoms with Crippen LogP contribution in [0.25, 0.3) is 27.8 Å². The average molecular weight is 298 g/mol. The summed E-state index contributed by atoms with van der Waals surface area (Å²) in [5, 5.41) is 0. The Labute approximate surface area is 139 Å².